The molecule has 1 amide bonds. The lowest BCUT2D eigenvalue weighted by Gasteiger charge is -2.45. The lowest BCUT2D eigenvalue weighted by atomic mass is 9.73. The predicted molar refractivity (Wildman–Crippen MR) is 151 cm³/mol. The lowest BCUT2D eigenvalue weighted by Crippen LogP contribution is -2.48. The third kappa shape index (κ3) is 6.47. The van der Waals surface area contributed by atoms with Crippen molar-refractivity contribution in [2.75, 3.05) is 32.8 Å². The molecule has 3 aliphatic rings. The summed E-state index contributed by atoms with van der Waals surface area (Å²) >= 11 is 0. The van der Waals surface area contributed by atoms with Gasteiger partial charge in [0.25, 0.3) is 5.91 Å². The van der Waals surface area contributed by atoms with E-state index < -0.39 is 0 Å². The lowest BCUT2D eigenvalue weighted by molar-refractivity contribution is 0.0360. The van der Waals surface area contributed by atoms with Crippen molar-refractivity contribution in [2.24, 2.45) is 5.41 Å². The molecule has 1 saturated carbocycles. The summed E-state index contributed by atoms with van der Waals surface area (Å²) in [6.45, 7) is 4.99. The molecule has 0 unspecified atom stereocenters. The second kappa shape index (κ2) is 11.8. The normalized spacial score (nSPS) is 20.4. The zero-order valence-electron chi connectivity index (χ0n) is 22.8. The van der Waals surface area contributed by atoms with Crippen LogP contribution in [-0.4, -0.2) is 63.4 Å². The molecule has 3 aromatic rings. The monoisotopic (exact) mass is 525 g/mol. The Labute approximate surface area is 231 Å². The third-order valence-electron chi connectivity index (χ3n) is 8.73. The first-order valence-corrected chi connectivity index (χ1v) is 14.6. The maximum Gasteiger partial charge on any atom is 0.256 e. The van der Waals surface area contributed by atoms with Crippen LogP contribution in [0.4, 0.5) is 0 Å². The first-order valence-electron chi connectivity index (χ1n) is 14.6. The number of carbonyl (C=O) groups excluding carboxylic acids is 1. The molecular formula is C32H39N5O2. The number of nitrogens with zero attached hydrogens (tertiary/aromatic N) is 5. The standard InChI is InChI=1S/C32H39N5O2/c38-31(28-21-34-30(35-22-28)27-8-9-27)37-17-13-32(14-18-37)12-4-3-6-26-5-1-2-7-29(26)39-20-19-36(24-32)23-25-10-15-33-16-11-25/h1-2,5,7,10-11,15-16,21-22,27H,3-4,6,8-9,12-14,17-20,23-24H2. The highest BCUT2D eigenvalue weighted by Crippen LogP contribution is 2.40. The molecule has 0 bridgehead atoms. The largest absolute Gasteiger partial charge is 0.492 e. The molecule has 39 heavy (non-hydrogen) atoms. The van der Waals surface area contributed by atoms with Crippen LogP contribution in [0.2, 0.25) is 0 Å². The molecule has 4 heterocycles. The van der Waals surface area contributed by atoms with E-state index in [1.54, 1.807) is 12.4 Å². The zero-order valence-corrected chi connectivity index (χ0v) is 22.8. The zero-order chi connectivity index (χ0) is 26.5. The number of carbonyl (C=O) groups is 1. The third-order valence-corrected chi connectivity index (χ3v) is 8.73. The maximum atomic E-state index is 13.3. The van der Waals surface area contributed by atoms with Crippen LogP contribution < -0.4 is 4.74 Å². The first-order chi connectivity index (χ1) is 19.2. The van der Waals surface area contributed by atoms with Crippen molar-refractivity contribution in [3.8, 4) is 5.75 Å². The van der Waals surface area contributed by atoms with E-state index in [4.69, 9.17) is 4.74 Å². The number of aryl methyl sites for hydroxylation is 1. The van der Waals surface area contributed by atoms with Crippen LogP contribution in [0.1, 0.15) is 78.2 Å². The fourth-order valence-electron chi connectivity index (χ4n) is 6.24. The molecule has 0 N–H and O–H groups in total. The minimum absolute atomic E-state index is 0.0685. The molecule has 1 saturated heterocycles. The van der Waals surface area contributed by atoms with Gasteiger partial charge in [-0.25, -0.2) is 9.97 Å². The molecule has 2 fully saturated rings. The Hall–Kier alpha value is -3.32. The molecule has 204 valence electrons. The molecule has 0 radical (unpaired) electrons. The second-order valence-corrected chi connectivity index (χ2v) is 11.6. The summed E-state index contributed by atoms with van der Waals surface area (Å²) in [6.07, 6.45) is 16.2. The van der Waals surface area contributed by atoms with Gasteiger partial charge < -0.3 is 9.64 Å². The van der Waals surface area contributed by atoms with E-state index in [9.17, 15) is 4.79 Å². The van der Waals surface area contributed by atoms with Gasteiger partial charge in [0.2, 0.25) is 0 Å². The van der Waals surface area contributed by atoms with Crippen molar-refractivity contribution in [1.82, 2.24) is 24.8 Å². The molecule has 1 aromatic carbocycles. The van der Waals surface area contributed by atoms with Crippen LogP contribution in [0.5, 0.6) is 5.75 Å². The molecule has 2 aromatic heterocycles. The van der Waals surface area contributed by atoms with E-state index in [0.29, 0.717) is 18.1 Å². The van der Waals surface area contributed by atoms with Crippen molar-refractivity contribution in [3.63, 3.8) is 0 Å². The first kappa shape index (κ1) is 25.9. The van der Waals surface area contributed by atoms with Gasteiger partial charge in [0.15, 0.2) is 0 Å². The van der Waals surface area contributed by atoms with Gasteiger partial charge in [-0.3, -0.25) is 14.7 Å². The van der Waals surface area contributed by atoms with Gasteiger partial charge in [-0.05, 0) is 79.7 Å². The van der Waals surface area contributed by atoms with Crippen LogP contribution in [-0.2, 0) is 13.0 Å². The van der Waals surface area contributed by atoms with Crippen molar-refractivity contribution in [3.05, 3.63) is 83.7 Å². The molecular weight excluding hydrogens is 486 g/mol. The van der Waals surface area contributed by atoms with Crippen molar-refractivity contribution < 1.29 is 9.53 Å². The van der Waals surface area contributed by atoms with Crippen molar-refractivity contribution in [2.45, 2.75) is 63.8 Å². The Balaban J connectivity index is 1.16. The Morgan fingerprint density at radius 2 is 1.72 bits per heavy atom. The molecule has 7 nitrogen and oxygen atoms in total. The fraction of sp³-hybridized carbons (Fsp3) is 0.500. The second-order valence-electron chi connectivity index (χ2n) is 11.6. The Morgan fingerprint density at radius 3 is 2.49 bits per heavy atom. The van der Waals surface area contributed by atoms with Crippen LogP contribution >= 0.6 is 0 Å². The van der Waals surface area contributed by atoms with Gasteiger partial charge in [0, 0.05) is 63.4 Å². The smallest absolute Gasteiger partial charge is 0.256 e. The number of pyridine rings is 1. The quantitative estimate of drug-likeness (QED) is 0.462. The van der Waals surface area contributed by atoms with Gasteiger partial charge in [-0.1, -0.05) is 24.6 Å². The highest BCUT2D eigenvalue weighted by atomic mass is 16.5. The van der Waals surface area contributed by atoms with Gasteiger partial charge in [-0.15, -0.1) is 0 Å². The average molecular weight is 526 g/mol. The molecule has 1 spiro atoms. The number of ether oxygens (including phenoxy) is 1. The van der Waals surface area contributed by atoms with Gasteiger partial charge >= 0.3 is 0 Å². The van der Waals surface area contributed by atoms with Crippen LogP contribution in [0.3, 0.4) is 0 Å². The number of para-hydroxylation sites is 1. The van der Waals surface area contributed by atoms with Gasteiger partial charge in [0.05, 0.1) is 5.56 Å². The van der Waals surface area contributed by atoms with Crippen LogP contribution in [0.25, 0.3) is 0 Å². The molecule has 0 atom stereocenters. The Morgan fingerprint density at radius 1 is 0.949 bits per heavy atom. The highest BCUT2D eigenvalue weighted by Gasteiger charge is 2.37. The number of hydrogen-bond acceptors (Lipinski definition) is 6. The van der Waals surface area contributed by atoms with Gasteiger partial charge in [-0.2, -0.15) is 0 Å². The topological polar surface area (TPSA) is 71.5 Å². The van der Waals surface area contributed by atoms with E-state index in [1.807, 2.05) is 17.3 Å². The Kier molecular flexibility index (Phi) is 7.86. The summed E-state index contributed by atoms with van der Waals surface area (Å²) in [5.74, 6) is 2.48. The molecule has 1 aliphatic carbocycles. The number of rotatable bonds is 4. The Bertz CT molecular complexity index is 1240. The fourth-order valence-corrected chi connectivity index (χ4v) is 6.24. The summed E-state index contributed by atoms with van der Waals surface area (Å²) in [5.41, 5.74) is 3.39. The minimum atomic E-state index is 0.0685. The van der Waals surface area contributed by atoms with E-state index in [1.165, 1.54) is 24.0 Å². The number of hydrogen-bond donors (Lipinski definition) is 0. The summed E-state index contributed by atoms with van der Waals surface area (Å²) in [4.78, 5) is 31.1. The summed E-state index contributed by atoms with van der Waals surface area (Å²) in [5, 5.41) is 0. The van der Waals surface area contributed by atoms with E-state index in [2.05, 4.69) is 56.3 Å². The van der Waals surface area contributed by atoms with Crippen molar-refractivity contribution >= 4 is 5.91 Å². The summed E-state index contributed by atoms with van der Waals surface area (Å²) in [6, 6.07) is 12.7. The minimum Gasteiger partial charge on any atom is -0.492 e. The van der Waals surface area contributed by atoms with Crippen molar-refractivity contribution in [1.29, 1.82) is 0 Å². The predicted octanol–water partition coefficient (Wildman–Crippen LogP) is 5.28. The molecule has 2 aliphatic heterocycles. The van der Waals surface area contributed by atoms with E-state index in [0.717, 1.165) is 82.8 Å². The van der Waals surface area contributed by atoms with E-state index >= 15 is 0 Å². The highest BCUT2D eigenvalue weighted by molar-refractivity contribution is 5.93. The summed E-state index contributed by atoms with van der Waals surface area (Å²) < 4.78 is 6.31. The van der Waals surface area contributed by atoms with Gasteiger partial charge in [0.1, 0.15) is 18.2 Å². The number of benzene rings is 1. The number of amides is 1. The molecule has 6 rings (SSSR count). The van der Waals surface area contributed by atoms with E-state index in [-0.39, 0.29) is 11.3 Å². The number of piperidine rings is 1. The molecule has 7 heteroatoms. The summed E-state index contributed by atoms with van der Waals surface area (Å²) in [7, 11) is 0. The van der Waals surface area contributed by atoms with Crippen LogP contribution in [0, 0.1) is 5.41 Å². The number of fused-ring (bicyclic) bond motifs is 1. The maximum absolute atomic E-state index is 13.3. The SMILES string of the molecule is O=C(c1cnc(C2CC2)nc1)N1CCC2(CCCCc3ccccc3OCCN(Cc3ccncc3)C2)CC1. The van der Waals surface area contributed by atoms with Crippen LogP contribution in [0.15, 0.2) is 61.2 Å². The number of likely N-dealkylation sites (tertiary alicyclic amines) is 1. The average Bonchev–Trinajstić information content (AvgIpc) is 3.82. The number of aromatic nitrogens is 3.